The van der Waals surface area contributed by atoms with Crippen molar-refractivity contribution in [2.24, 2.45) is 0 Å². The number of nitrogens with zero attached hydrogens (tertiary/aromatic N) is 1. The van der Waals surface area contributed by atoms with Gasteiger partial charge in [-0.05, 0) is 50.6 Å². The lowest BCUT2D eigenvalue weighted by Gasteiger charge is -2.14. The van der Waals surface area contributed by atoms with Crippen LogP contribution in [0.15, 0.2) is 23.6 Å². The van der Waals surface area contributed by atoms with E-state index in [4.69, 9.17) is 9.72 Å². The molecule has 1 unspecified atom stereocenters. The van der Waals surface area contributed by atoms with Gasteiger partial charge in [0.2, 0.25) is 0 Å². The molecule has 0 saturated carbocycles. The van der Waals surface area contributed by atoms with Gasteiger partial charge in [-0.15, -0.1) is 11.3 Å². The summed E-state index contributed by atoms with van der Waals surface area (Å²) in [6.45, 7) is 9.22. The summed E-state index contributed by atoms with van der Waals surface area (Å²) in [7, 11) is 1.96. The van der Waals surface area contributed by atoms with Gasteiger partial charge in [0.05, 0.1) is 18.3 Å². The zero-order valence-electron chi connectivity index (χ0n) is 13.4. The van der Waals surface area contributed by atoms with Crippen LogP contribution in [0.25, 0.3) is 11.3 Å². The number of ether oxygens (including phenoxy) is 1. The number of thiazole rings is 1. The monoisotopic (exact) mass is 304 g/mol. The molecule has 1 aromatic carbocycles. The smallest absolute Gasteiger partial charge is 0.122 e. The van der Waals surface area contributed by atoms with Crippen molar-refractivity contribution in [3.63, 3.8) is 0 Å². The molecule has 114 valence electrons. The molecular weight excluding hydrogens is 280 g/mol. The number of benzene rings is 1. The largest absolute Gasteiger partial charge is 0.494 e. The molecule has 2 aromatic rings. The maximum absolute atomic E-state index is 5.72. The summed E-state index contributed by atoms with van der Waals surface area (Å²) in [5, 5.41) is 6.48. The summed E-state index contributed by atoms with van der Waals surface area (Å²) in [4.78, 5) is 4.74. The summed E-state index contributed by atoms with van der Waals surface area (Å²) in [6.07, 6.45) is 0. The predicted octanol–water partition coefficient (Wildman–Crippen LogP) is 4.61. The maximum Gasteiger partial charge on any atom is 0.122 e. The average Bonchev–Trinajstić information content (AvgIpc) is 2.96. The molecule has 1 heterocycles. The van der Waals surface area contributed by atoms with Crippen molar-refractivity contribution in [2.75, 3.05) is 13.7 Å². The first kappa shape index (κ1) is 16.0. The van der Waals surface area contributed by atoms with E-state index in [1.165, 1.54) is 5.56 Å². The summed E-state index contributed by atoms with van der Waals surface area (Å²) < 4.78 is 5.72. The van der Waals surface area contributed by atoms with E-state index in [0.717, 1.165) is 22.0 Å². The van der Waals surface area contributed by atoms with Crippen molar-refractivity contribution >= 4 is 11.3 Å². The molecule has 21 heavy (non-hydrogen) atoms. The number of aromatic nitrogens is 1. The van der Waals surface area contributed by atoms with Crippen molar-refractivity contribution in [1.29, 1.82) is 0 Å². The van der Waals surface area contributed by atoms with Crippen LogP contribution < -0.4 is 10.1 Å². The Morgan fingerprint density at radius 3 is 2.67 bits per heavy atom. The number of rotatable bonds is 6. The maximum atomic E-state index is 5.72. The Morgan fingerprint density at radius 2 is 2.05 bits per heavy atom. The highest BCUT2D eigenvalue weighted by molar-refractivity contribution is 7.10. The Kier molecular flexibility index (Phi) is 5.37. The number of nitrogens with one attached hydrogen (secondary N) is 1. The molecule has 1 atom stereocenters. The highest BCUT2D eigenvalue weighted by atomic mass is 32.1. The first-order valence-electron chi connectivity index (χ1n) is 7.46. The van der Waals surface area contributed by atoms with Gasteiger partial charge in [-0.3, -0.25) is 0 Å². The highest BCUT2D eigenvalue weighted by Gasteiger charge is 2.13. The fraction of sp³-hybridized carbons (Fsp3) is 0.471. The summed E-state index contributed by atoms with van der Waals surface area (Å²) in [5.74, 6) is 1.41. The Hall–Kier alpha value is -1.39. The van der Waals surface area contributed by atoms with E-state index in [0.29, 0.717) is 12.5 Å². The quantitative estimate of drug-likeness (QED) is 0.846. The normalized spacial score (nSPS) is 12.7. The molecule has 0 aliphatic heterocycles. The van der Waals surface area contributed by atoms with E-state index >= 15 is 0 Å². The second kappa shape index (κ2) is 7.05. The van der Waals surface area contributed by atoms with Gasteiger partial charge in [-0.1, -0.05) is 13.8 Å². The molecule has 0 aliphatic carbocycles. The second-order valence-electron chi connectivity index (χ2n) is 5.42. The zero-order chi connectivity index (χ0) is 15.4. The number of hydrogen-bond acceptors (Lipinski definition) is 4. The predicted molar refractivity (Wildman–Crippen MR) is 90.3 cm³/mol. The van der Waals surface area contributed by atoms with E-state index in [1.54, 1.807) is 11.3 Å². The molecule has 2 rings (SSSR count). The third-order valence-electron chi connectivity index (χ3n) is 3.55. The fourth-order valence-electron chi connectivity index (χ4n) is 2.19. The minimum Gasteiger partial charge on any atom is -0.494 e. The van der Waals surface area contributed by atoms with E-state index in [9.17, 15) is 0 Å². The molecular formula is C17H24N2OS. The van der Waals surface area contributed by atoms with Crippen LogP contribution >= 0.6 is 11.3 Å². The molecule has 0 spiro atoms. The minimum absolute atomic E-state index is 0.288. The van der Waals surface area contributed by atoms with Gasteiger partial charge in [0, 0.05) is 10.9 Å². The van der Waals surface area contributed by atoms with Crippen LogP contribution in [-0.4, -0.2) is 18.6 Å². The molecule has 0 saturated heterocycles. The minimum atomic E-state index is 0.288. The van der Waals surface area contributed by atoms with Crippen LogP contribution in [0, 0.1) is 0 Å². The molecule has 0 amide bonds. The molecule has 3 nitrogen and oxygen atoms in total. The summed E-state index contributed by atoms with van der Waals surface area (Å²) in [6, 6.07) is 6.66. The molecule has 0 radical (unpaired) electrons. The third-order valence-corrected chi connectivity index (χ3v) is 4.58. The van der Waals surface area contributed by atoms with Gasteiger partial charge in [0.25, 0.3) is 0 Å². The molecule has 1 aromatic heterocycles. The summed E-state index contributed by atoms with van der Waals surface area (Å²) in [5.41, 5.74) is 3.44. The van der Waals surface area contributed by atoms with Crippen LogP contribution in [-0.2, 0) is 0 Å². The lowest BCUT2D eigenvalue weighted by Crippen LogP contribution is -2.11. The Bertz CT molecular complexity index is 592. The van der Waals surface area contributed by atoms with E-state index < -0.39 is 0 Å². The van der Waals surface area contributed by atoms with E-state index in [2.05, 4.69) is 49.7 Å². The highest BCUT2D eigenvalue weighted by Crippen LogP contribution is 2.32. The lowest BCUT2D eigenvalue weighted by molar-refractivity contribution is 0.335. The van der Waals surface area contributed by atoms with Crippen molar-refractivity contribution in [3.8, 4) is 17.0 Å². The Balaban J connectivity index is 2.36. The Labute approximate surface area is 131 Å². The lowest BCUT2D eigenvalue weighted by atomic mass is 9.98. The van der Waals surface area contributed by atoms with Crippen molar-refractivity contribution in [3.05, 3.63) is 34.2 Å². The van der Waals surface area contributed by atoms with Gasteiger partial charge in [-0.2, -0.15) is 0 Å². The molecule has 0 fully saturated rings. The van der Waals surface area contributed by atoms with Gasteiger partial charge < -0.3 is 10.1 Å². The van der Waals surface area contributed by atoms with Crippen molar-refractivity contribution in [2.45, 2.75) is 39.7 Å². The van der Waals surface area contributed by atoms with Crippen LogP contribution in [0.2, 0.25) is 0 Å². The molecule has 4 heteroatoms. The van der Waals surface area contributed by atoms with Crippen LogP contribution in [0.4, 0.5) is 0 Å². The van der Waals surface area contributed by atoms with Crippen LogP contribution in [0.1, 0.15) is 50.2 Å². The summed E-state index contributed by atoms with van der Waals surface area (Å²) >= 11 is 1.70. The van der Waals surface area contributed by atoms with E-state index in [-0.39, 0.29) is 6.04 Å². The van der Waals surface area contributed by atoms with Crippen molar-refractivity contribution in [1.82, 2.24) is 10.3 Å². The van der Waals surface area contributed by atoms with Gasteiger partial charge in [0.15, 0.2) is 0 Å². The molecule has 1 N–H and O–H groups in total. The SMILES string of the molecule is CCOc1ccc(-c2csc(C(C)NC)n2)cc1C(C)C. The van der Waals surface area contributed by atoms with E-state index in [1.807, 2.05) is 14.0 Å². The average molecular weight is 304 g/mol. The molecule has 0 bridgehead atoms. The van der Waals surface area contributed by atoms with Crippen molar-refractivity contribution < 1.29 is 4.74 Å². The van der Waals surface area contributed by atoms with Gasteiger partial charge >= 0.3 is 0 Å². The van der Waals surface area contributed by atoms with Crippen LogP contribution in [0.3, 0.4) is 0 Å². The van der Waals surface area contributed by atoms with Gasteiger partial charge in [0.1, 0.15) is 10.8 Å². The standard InChI is InChI=1S/C17H24N2OS/c1-6-20-16-8-7-13(9-14(16)11(2)3)15-10-21-17(19-15)12(4)18-5/h7-12,18H,6H2,1-5H3. The van der Waals surface area contributed by atoms with Gasteiger partial charge in [-0.25, -0.2) is 4.98 Å². The zero-order valence-corrected chi connectivity index (χ0v) is 14.3. The van der Waals surface area contributed by atoms with Crippen LogP contribution in [0.5, 0.6) is 5.75 Å². The Morgan fingerprint density at radius 1 is 1.29 bits per heavy atom. The first-order valence-corrected chi connectivity index (χ1v) is 8.34. The first-order chi connectivity index (χ1) is 10.1. The third kappa shape index (κ3) is 3.63. The fourth-order valence-corrected chi connectivity index (χ4v) is 3.08. The molecule has 0 aliphatic rings. The second-order valence-corrected chi connectivity index (χ2v) is 6.31. The topological polar surface area (TPSA) is 34.1 Å². The number of hydrogen-bond donors (Lipinski definition) is 1.